The quantitative estimate of drug-likeness (QED) is 0.690. The SMILES string of the molecule is O=C(CCNC1CC1)NCCn1cccn1. The van der Waals surface area contributed by atoms with Gasteiger partial charge in [-0.25, -0.2) is 0 Å². The van der Waals surface area contributed by atoms with Crippen LogP contribution in [-0.2, 0) is 11.3 Å². The van der Waals surface area contributed by atoms with E-state index in [0.717, 1.165) is 13.1 Å². The van der Waals surface area contributed by atoms with Crippen molar-refractivity contribution in [3.8, 4) is 0 Å². The van der Waals surface area contributed by atoms with Crippen molar-refractivity contribution < 1.29 is 4.79 Å². The Morgan fingerprint density at radius 3 is 3.00 bits per heavy atom. The van der Waals surface area contributed by atoms with Crippen LogP contribution in [0.2, 0.25) is 0 Å². The van der Waals surface area contributed by atoms with Crippen LogP contribution in [-0.4, -0.2) is 34.8 Å². The van der Waals surface area contributed by atoms with Gasteiger partial charge in [-0.1, -0.05) is 0 Å². The summed E-state index contributed by atoms with van der Waals surface area (Å²) in [7, 11) is 0. The van der Waals surface area contributed by atoms with Crippen LogP contribution in [0.1, 0.15) is 19.3 Å². The van der Waals surface area contributed by atoms with Gasteiger partial charge in [0.1, 0.15) is 0 Å². The Kier molecular flexibility index (Phi) is 3.93. The molecule has 1 aromatic heterocycles. The standard InChI is InChI=1S/C11H18N4O/c16-11(4-6-12-10-2-3-10)13-7-9-15-8-1-5-14-15/h1,5,8,10,12H,2-4,6-7,9H2,(H,13,16). The van der Waals surface area contributed by atoms with E-state index in [2.05, 4.69) is 15.7 Å². The number of rotatable bonds is 7. The lowest BCUT2D eigenvalue weighted by Gasteiger charge is -2.05. The molecule has 1 heterocycles. The molecule has 2 rings (SSSR count). The summed E-state index contributed by atoms with van der Waals surface area (Å²) in [6.45, 7) is 2.16. The fourth-order valence-electron chi connectivity index (χ4n) is 1.51. The van der Waals surface area contributed by atoms with Gasteiger partial charge in [0.15, 0.2) is 0 Å². The van der Waals surface area contributed by atoms with E-state index in [0.29, 0.717) is 19.0 Å². The third kappa shape index (κ3) is 4.02. The molecule has 0 aliphatic heterocycles. The first-order valence-electron chi connectivity index (χ1n) is 5.82. The van der Waals surface area contributed by atoms with E-state index in [4.69, 9.17) is 0 Å². The van der Waals surface area contributed by atoms with Crippen molar-refractivity contribution in [2.75, 3.05) is 13.1 Å². The van der Waals surface area contributed by atoms with Gasteiger partial charge in [-0.3, -0.25) is 9.48 Å². The van der Waals surface area contributed by atoms with Crippen LogP contribution < -0.4 is 10.6 Å². The molecular formula is C11H18N4O. The van der Waals surface area contributed by atoms with Crippen molar-refractivity contribution in [1.82, 2.24) is 20.4 Å². The van der Waals surface area contributed by atoms with Crippen molar-refractivity contribution in [2.45, 2.75) is 31.8 Å². The molecule has 0 bridgehead atoms. The molecule has 0 radical (unpaired) electrons. The Hall–Kier alpha value is -1.36. The van der Waals surface area contributed by atoms with E-state index < -0.39 is 0 Å². The molecule has 1 amide bonds. The maximum atomic E-state index is 11.4. The Labute approximate surface area is 95.2 Å². The monoisotopic (exact) mass is 222 g/mol. The molecule has 88 valence electrons. The Balaban J connectivity index is 1.49. The zero-order valence-corrected chi connectivity index (χ0v) is 9.35. The molecule has 0 unspecified atom stereocenters. The highest BCUT2D eigenvalue weighted by Crippen LogP contribution is 2.18. The molecular weight excluding hydrogens is 204 g/mol. The largest absolute Gasteiger partial charge is 0.354 e. The second kappa shape index (κ2) is 5.65. The predicted molar refractivity (Wildman–Crippen MR) is 60.9 cm³/mol. The molecule has 5 heteroatoms. The van der Waals surface area contributed by atoms with Gasteiger partial charge in [-0.2, -0.15) is 5.10 Å². The first kappa shape index (κ1) is 11.1. The van der Waals surface area contributed by atoms with Crippen LogP contribution in [0.5, 0.6) is 0 Å². The average Bonchev–Trinajstić information content (AvgIpc) is 2.94. The summed E-state index contributed by atoms with van der Waals surface area (Å²) < 4.78 is 1.81. The van der Waals surface area contributed by atoms with Crippen molar-refractivity contribution in [3.05, 3.63) is 18.5 Å². The van der Waals surface area contributed by atoms with Crippen molar-refractivity contribution in [1.29, 1.82) is 0 Å². The summed E-state index contributed by atoms with van der Waals surface area (Å²) in [5.41, 5.74) is 0. The third-order valence-corrected chi connectivity index (χ3v) is 2.58. The molecule has 2 N–H and O–H groups in total. The Bertz CT molecular complexity index is 319. The van der Waals surface area contributed by atoms with E-state index in [1.54, 1.807) is 6.20 Å². The van der Waals surface area contributed by atoms with Gasteiger partial charge < -0.3 is 10.6 Å². The van der Waals surface area contributed by atoms with Gasteiger partial charge >= 0.3 is 0 Å². The molecule has 1 saturated carbocycles. The van der Waals surface area contributed by atoms with Crippen LogP contribution in [0.15, 0.2) is 18.5 Å². The predicted octanol–water partition coefficient (Wildman–Crippen LogP) is 0.141. The minimum absolute atomic E-state index is 0.111. The lowest BCUT2D eigenvalue weighted by atomic mass is 10.4. The molecule has 0 aromatic carbocycles. The molecule has 1 fully saturated rings. The first-order chi connectivity index (χ1) is 7.84. The van der Waals surface area contributed by atoms with Gasteiger partial charge in [0.05, 0.1) is 6.54 Å². The zero-order valence-electron chi connectivity index (χ0n) is 9.35. The van der Waals surface area contributed by atoms with Crippen molar-refractivity contribution >= 4 is 5.91 Å². The van der Waals surface area contributed by atoms with Crippen molar-refractivity contribution in [3.63, 3.8) is 0 Å². The highest BCUT2D eigenvalue weighted by molar-refractivity contribution is 5.75. The summed E-state index contributed by atoms with van der Waals surface area (Å²) in [5.74, 6) is 0.111. The fourth-order valence-corrected chi connectivity index (χ4v) is 1.51. The number of amides is 1. The summed E-state index contributed by atoms with van der Waals surface area (Å²) in [6.07, 6.45) is 6.72. The van der Waals surface area contributed by atoms with Crippen molar-refractivity contribution in [2.24, 2.45) is 0 Å². The second-order valence-electron chi connectivity index (χ2n) is 4.10. The topological polar surface area (TPSA) is 59.0 Å². The van der Waals surface area contributed by atoms with Crippen LogP contribution in [0, 0.1) is 0 Å². The maximum absolute atomic E-state index is 11.4. The average molecular weight is 222 g/mol. The number of carbonyl (C=O) groups excluding carboxylic acids is 1. The van der Waals surface area contributed by atoms with E-state index in [-0.39, 0.29) is 5.91 Å². The normalized spacial score (nSPS) is 15.0. The lowest BCUT2D eigenvalue weighted by molar-refractivity contribution is -0.121. The van der Waals surface area contributed by atoms with E-state index in [9.17, 15) is 4.79 Å². The van der Waals surface area contributed by atoms with Gasteiger partial charge in [-0.15, -0.1) is 0 Å². The summed E-state index contributed by atoms with van der Waals surface area (Å²) >= 11 is 0. The van der Waals surface area contributed by atoms with Crippen LogP contribution in [0.25, 0.3) is 0 Å². The molecule has 1 aliphatic rings. The zero-order chi connectivity index (χ0) is 11.2. The molecule has 1 aliphatic carbocycles. The Morgan fingerprint density at radius 2 is 2.31 bits per heavy atom. The molecule has 0 saturated heterocycles. The number of nitrogens with one attached hydrogen (secondary N) is 2. The highest BCUT2D eigenvalue weighted by atomic mass is 16.1. The van der Waals surface area contributed by atoms with E-state index >= 15 is 0 Å². The van der Waals surface area contributed by atoms with Crippen LogP contribution in [0.4, 0.5) is 0 Å². The second-order valence-corrected chi connectivity index (χ2v) is 4.10. The minimum atomic E-state index is 0.111. The van der Waals surface area contributed by atoms with Crippen LogP contribution >= 0.6 is 0 Å². The van der Waals surface area contributed by atoms with Gasteiger partial charge in [0.2, 0.25) is 5.91 Å². The third-order valence-electron chi connectivity index (χ3n) is 2.58. The number of nitrogens with zero attached hydrogens (tertiary/aromatic N) is 2. The van der Waals surface area contributed by atoms with Gasteiger partial charge in [0, 0.05) is 37.9 Å². The summed E-state index contributed by atoms with van der Waals surface area (Å²) in [4.78, 5) is 11.4. The molecule has 1 aromatic rings. The highest BCUT2D eigenvalue weighted by Gasteiger charge is 2.19. The minimum Gasteiger partial charge on any atom is -0.354 e. The number of aromatic nitrogens is 2. The first-order valence-corrected chi connectivity index (χ1v) is 5.82. The van der Waals surface area contributed by atoms with E-state index in [1.165, 1.54) is 12.8 Å². The number of hydrogen-bond acceptors (Lipinski definition) is 3. The smallest absolute Gasteiger partial charge is 0.221 e. The Morgan fingerprint density at radius 1 is 1.44 bits per heavy atom. The number of carbonyl (C=O) groups is 1. The summed E-state index contributed by atoms with van der Waals surface area (Å²) in [6, 6.07) is 2.55. The molecule has 5 nitrogen and oxygen atoms in total. The van der Waals surface area contributed by atoms with E-state index in [1.807, 2.05) is 16.9 Å². The molecule has 0 atom stereocenters. The summed E-state index contributed by atoms with van der Waals surface area (Å²) in [5, 5.41) is 10.2. The maximum Gasteiger partial charge on any atom is 0.221 e. The fraction of sp³-hybridized carbons (Fsp3) is 0.636. The van der Waals surface area contributed by atoms with Crippen LogP contribution in [0.3, 0.4) is 0 Å². The molecule has 0 spiro atoms. The van der Waals surface area contributed by atoms with Gasteiger partial charge in [-0.05, 0) is 18.9 Å². The lowest BCUT2D eigenvalue weighted by Crippen LogP contribution is -2.30. The van der Waals surface area contributed by atoms with Gasteiger partial charge in [0.25, 0.3) is 0 Å². The molecule has 16 heavy (non-hydrogen) atoms. The number of hydrogen-bond donors (Lipinski definition) is 2.